The highest BCUT2D eigenvalue weighted by Crippen LogP contribution is 2.34. The molecular formula is C14H27N3O2S. The number of nitrogens with two attached hydrogens (primary N) is 1. The molecule has 1 aliphatic rings. The lowest BCUT2D eigenvalue weighted by molar-refractivity contribution is -0.144. The number of carbonyl (C=O) groups is 1. The number of nitrogens with zero attached hydrogens (tertiary/aromatic N) is 2. The van der Waals surface area contributed by atoms with Gasteiger partial charge in [-0.05, 0) is 40.8 Å². The minimum atomic E-state index is -0.718. The van der Waals surface area contributed by atoms with Gasteiger partial charge in [-0.25, -0.2) is 0 Å². The average molecular weight is 301 g/mol. The van der Waals surface area contributed by atoms with Gasteiger partial charge in [0.05, 0.1) is 4.99 Å². The van der Waals surface area contributed by atoms with E-state index in [1.807, 2.05) is 25.9 Å². The highest BCUT2D eigenvalue weighted by atomic mass is 32.1. The smallest absolute Gasteiger partial charge is 0.236 e. The van der Waals surface area contributed by atoms with E-state index < -0.39 is 5.41 Å². The zero-order valence-corrected chi connectivity index (χ0v) is 13.8. The quantitative estimate of drug-likeness (QED) is 0.738. The molecule has 6 heteroatoms. The van der Waals surface area contributed by atoms with Gasteiger partial charge in [-0.2, -0.15) is 0 Å². The van der Waals surface area contributed by atoms with Crippen molar-refractivity contribution < 1.29 is 9.53 Å². The van der Waals surface area contributed by atoms with Gasteiger partial charge in [0.2, 0.25) is 5.91 Å². The Hall–Kier alpha value is -0.720. The molecule has 5 nitrogen and oxygen atoms in total. The third-order valence-electron chi connectivity index (χ3n) is 3.99. The summed E-state index contributed by atoms with van der Waals surface area (Å²) < 4.78 is 5.37. The van der Waals surface area contributed by atoms with Crippen LogP contribution >= 0.6 is 12.2 Å². The minimum absolute atomic E-state index is 0.0603. The van der Waals surface area contributed by atoms with Crippen molar-refractivity contribution in [1.29, 1.82) is 0 Å². The van der Waals surface area contributed by atoms with Crippen LogP contribution in [-0.2, 0) is 9.53 Å². The van der Waals surface area contributed by atoms with Crippen molar-refractivity contribution >= 4 is 23.1 Å². The number of likely N-dealkylation sites (N-methyl/N-ethyl adjacent to an activating group) is 2. The van der Waals surface area contributed by atoms with E-state index in [-0.39, 0.29) is 11.9 Å². The van der Waals surface area contributed by atoms with Gasteiger partial charge in [-0.3, -0.25) is 4.79 Å². The second-order valence-electron chi connectivity index (χ2n) is 5.76. The zero-order valence-electron chi connectivity index (χ0n) is 13.0. The molecule has 1 aliphatic heterocycles. The monoisotopic (exact) mass is 301 g/mol. The van der Waals surface area contributed by atoms with E-state index >= 15 is 0 Å². The molecule has 0 aliphatic carbocycles. The van der Waals surface area contributed by atoms with Crippen LogP contribution < -0.4 is 5.73 Å². The second kappa shape index (κ2) is 7.33. The third-order valence-corrected chi connectivity index (χ3v) is 4.38. The van der Waals surface area contributed by atoms with E-state index in [0.29, 0.717) is 37.6 Å². The Balaban J connectivity index is 2.94. The number of rotatable bonds is 6. The Morgan fingerprint density at radius 2 is 1.95 bits per heavy atom. The summed E-state index contributed by atoms with van der Waals surface area (Å²) in [5.74, 6) is 0.0603. The molecule has 1 heterocycles. The van der Waals surface area contributed by atoms with Crippen LogP contribution in [0.4, 0.5) is 0 Å². The summed E-state index contributed by atoms with van der Waals surface area (Å²) >= 11 is 5.21. The van der Waals surface area contributed by atoms with E-state index in [2.05, 4.69) is 11.8 Å². The summed E-state index contributed by atoms with van der Waals surface area (Å²) in [6.07, 6.45) is 1.18. The Morgan fingerprint density at radius 3 is 2.35 bits per heavy atom. The fourth-order valence-electron chi connectivity index (χ4n) is 2.84. The highest BCUT2D eigenvalue weighted by Gasteiger charge is 2.45. The van der Waals surface area contributed by atoms with Crippen molar-refractivity contribution in [2.45, 2.75) is 32.7 Å². The van der Waals surface area contributed by atoms with Crippen LogP contribution in [0.5, 0.6) is 0 Å². The van der Waals surface area contributed by atoms with Gasteiger partial charge >= 0.3 is 0 Å². The molecule has 0 saturated carbocycles. The lowest BCUT2D eigenvalue weighted by Crippen LogP contribution is -2.56. The lowest BCUT2D eigenvalue weighted by Gasteiger charge is -2.41. The zero-order chi connectivity index (χ0) is 15.3. The molecular weight excluding hydrogens is 274 g/mol. The number of hydrogen-bond donors (Lipinski definition) is 1. The maximum absolute atomic E-state index is 13.0. The molecule has 1 fully saturated rings. The predicted octanol–water partition coefficient (Wildman–Crippen LogP) is 0.868. The topological polar surface area (TPSA) is 58.8 Å². The van der Waals surface area contributed by atoms with Gasteiger partial charge in [0, 0.05) is 32.3 Å². The molecule has 1 saturated heterocycles. The number of amides is 1. The van der Waals surface area contributed by atoms with Crippen molar-refractivity contribution in [1.82, 2.24) is 9.80 Å². The Kier molecular flexibility index (Phi) is 6.36. The van der Waals surface area contributed by atoms with E-state index in [4.69, 9.17) is 22.7 Å². The fourth-order valence-corrected chi connectivity index (χ4v) is 3.13. The molecule has 1 unspecified atom stereocenters. The van der Waals surface area contributed by atoms with Gasteiger partial charge in [0.15, 0.2) is 0 Å². The molecule has 0 aromatic rings. The van der Waals surface area contributed by atoms with E-state index in [1.54, 1.807) is 0 Å². The SMILES string of the molecule is CCN(C(=O)C1(C(N)=S)CCOCC1)C(C)CN(C)C. The van der Waals surface area contributed by atoms with E-state index in [1.165, 1.54) is 0 Å². The van der Waals surface area contributed by atoms with Crippen molar-refractivity contribution in [3.63, 3.8) is 0 Å². The van der Waals surface area contributed by atoms with Gasteiger partial charge < -0.3 is 20.3 Å². The second-order valence-corrected chi connectivity index (χ2v) is 6.20. The van der Waals surface area contributed by atoms with Crippen LogP contribution in [0.3, 0.4) is 0 Å². The molecule has 2 N–H and O–H groups in total. The number of ether oxygens (including phenoxy) is 1. The summed E-state index contributed by atoms with van der Waals surface area (Å²) in [6, 6.07) is 0.136. The molecule has 20 heavy (non-hydrogen) atoms. The van der Waals surface area contributed by atoms with Crippen molar-refractivity contribution in [3.05, 3.63) is 0 Å². The van der Waals surface area contributed by atoms with Gasteiger partial charge in [-0.1, -0.05) is 12.2 Å². The summed E-state index contributed by atoms with van der Waals surface area (Å²) in [7, 11) is 4.01. The van der Waals surface area contributed by atoms with Crippen LogP contribution in [0.25, 0.3) is 0 Å². The van der Waals surface area contributed by atoms with E-state index in [9.17, 15) is 4.79 Å². The molecule has 0 bridgehead atoms. The normalized spacial score (nSPS) is 19.6. The summed E-state index contributed by atoms with van der Waals surface area (Å²) in [4.78, 5) is 17.3. The maximum Gasteiger partial charge on any atom is 0.236 e. The molecule has 0 aromatic carbocycles. The van der Waals surface area contributed by atoms with Crippen LogP contribution in [0, 0.1) is 5.41 Å². The Morgan fingerprint density at radius 1 is 1.40 bits per heavy atom. The van der Waals surface area contributed by atoms with Gasteiger partial charge in [0.1, 0.15) is 5.41 Å². The molecule has 1 amide bonds. The van der Waals surface area contributed by atoms with E-state index in [0.717, 1.165) is 6.54 Å². The third kappa shape index (κ3) is 3.68. The van der Waals surface area contributed by atoms with Crippen molar-refractivity contribution in [2.75, 3.05) is 40.4 Å². The predicted molar refractivity (Wildman–Crippen MR) is 84.7 cm³/mol. The standard InChI is InChI=1S/C14H27N3O2S/c1-5-17(11(2)10-16(3)4)13(18)14(12(15)20)6-8-19-9-7-14/h11H,5-10H2,1-4H3,(H2,15,20). The first-order valence-electron chi connectivity index (χ1n) is 7.18. The summed E-state index contributed by atoms with van der Waals surface area (Å²) in [5, 5.41) is 0. The molecule has 1 rings (SSSR count). The summed E-state index contributed by atoms with van der Waals surface area (Å²) in [5.41, 5.74) is 5.20. The highest BCUT2D eigenvalue weighted by molar-refractivity contribution is 7.80. The average Bonchev–Trinajstić information content (AvgIpc) is 2.39. The van der Waals surface area contributed by atoms with Gasteiger partial charge in [-0.15, -0.1) is 0 Å². The molecule has 0 radical (unpaired) electrons. The number of hydrogen-bond acceptors (Lipinski definition) is 4. The first-order chi connectivity index (χ1) is 9.35. The largest absolute Gasteiger partial charge is 0.392 e. The van der Waals surface area contributed by atoms with Crippen molar-refractivity contribution in [3.8, 4) is 0 Å². The lowest BCUT2D eigenvalue weighted by atomic mass is 9.78. The Bertz CT molecular complexity index is 354. The fraction of sp³-hybridized carbons (Fsp3) is 0.857. The summed E-state index contributed by atoms with van der Waals surface area (Å²) in [6.45, 7) is 6.64. The van der Waals surface area contributed by atoms with Gasteiger partial charge in [0.25, 0.3) is 0 Å². The van der Waals surface area contributed by atoms with Crippen LogP contribution in [0.15, 0.2) is 0 Å². The minimum Gasteiger partial charge on any atom is -0.392 e. The first kappa shape index (κ1) is 17.3. The molecule has 0 spiro atoms. The van der Waals surface area contributed by atoms with Crippen LogP contribution in [-0.4, -0.2) is 67.1 Å². The Labute approximate surface area is 127 Å². The molecule has 1 atom stereocenters. The first-order valence-corrected chi connectivity index (χ1v) is 7.59. The maximum atomic E-state index is 13.0. The van der Waals surface area contributed by atoms with Crippen LogP contribution in [0.1, 0.15) is 26.7 Å². The molecule has 116 valence electrons. The van der Waals surface area contributed by atoms with Crippen LogP contribution in [0.2, 0.25) is 0 Å². The van der Waals surface area contributed by atoms with Crippen molar-refractivity contribution in [2.24, 2.45) is 11.1 Å². The number of carbonyl (C=O) groups excluding carboxylic acids is 1. The molecule has 0 aromatic heterocycles. The number of thiocarbonyl (C=S) groups is 1.